The lowest BCUT2D eigenvalue weighted by Gasteiger charge is -1.62. The predicted octanol–water partition coefficient (Wildman–Crippen LogP) is 0.177. The molecule has 0 fully saturated rings. The molecule has 28 valence electrons. The average Bonchev–Trinajstić information content (AvgIpc) is 1.38. The maximum Gasteiger partial charge on any atom is 0.137 e. The number of rotatable bonds is 0. The minimum absolute atomic E-state index is 0.434. The zero-order valence-corrected chi connectivity index (χ0v) is 4.40. The van der Waals surface area contributed by atoms with Crippen molar-refractivity contribution in [1.29, 1.82) is 5.26 Å². The lowest BCUT2D eigenvalue weighted by molar-refractivity contribution is 1.57. The number of nitrogens with zero attached hydrogens (tertiary/aromatic N) is 1. The van der Waals surface area contributed by atoms with Gasteiger partial charge in [0.25, 0.3) is 0 Å². The summed E-state index contributed by atoms with van der Waals surface area (Å²) >= 11 is 4.45. The molecule has 1 unspecified atom stereocenters. The van der Waals surface area contributed by atoms with E-state index in [0.717, 1.165) is 0 Å². The molecule has 0 bridgehead atoms. The van der Waals surface area contributed by atoms with Crippen LogP contribution in [0.5, 0.6) is 0 Å². The molecule has 1 nitrogen and oxygen atoms in total. The second-order valence-corrected chi connectivity index (χ2v) is 3.14. The van der Waals surface area contributed by atoms with E-state index in [1.165, 1.54) is 0 Å². The van der Waals surface area contributed by atoms with Gasteiger partial charge in [-0.1, -0.05) is 0 Å². The minimum Gasteiger partial charge on any atom is -0.185 e. The second-order valence-electron chi connectivity index (χ2n) is 0.545. The summed E-state index contributed by atoms with van der Waals surface area (Å²) in [5, 5.41) is 9.67. The van der Waals surface area contributed by atoms with Crippen LogP contribution in [-0.4, -0.2) is 6.26 Å². The smallest absolute Gasteiger partial charge is 0.137 e. The highest BCUT2D eigenvalue weighted by atomic mass is 32.8. The van der Waals surface area contributed by atoms with Crippen molar-refractivity contribution < 1.29 is 0 Å². The standard InChI is InChI=1S/C2H3NS2/c1-5(4)2-3/h1H3. The summed E-state index contributed by atoms with van der Waals surface area (Å²) in [6, 6.07) is 0. The van der Waals surface area contributed by atoms with Gasteiger partial charge in [0.2, 0.25) is 0 Å². The Bertz CT molecular complexity index is 80.1. The van der Waals surface area contributed by atoms with Crippen LogP contribution in [0.4, 0.5) is 0 Å². The summed E-state index contributed by atoms with van der Waals surface area (Å²) in [7, 11) is -0.434. The Morgan fingerprint density at radius 3 is 2.20 bits per heavy atom. The zero-order valence-electron chi connectivity index (χ0n) is 2.76. The molecule has 0 aliphatic carbocycles. The first-order valence-electron chi connectivity index (χ1n) is 1.00. The van der Waals surface area contributed by atoms with Crippen LogP contribution < -0.4 is 0 Å². The van der Waals surface area contributed by atoms with Crippen LogP contribution >= 0.6 is 0 Å². The molecule has 0 saturated carbocycles. The number of thiocyanates is 1. The second kappa shape index (κ2) is 2.31. The van der Waals surface area contributed by atoms with Crippen molar-refractivity contribution in [3.63, 3.8) is 0 Å². The number of nitriles is 1. The summed E-state index contributed by atoms with van der Waals surface area (Å²) in [6.07, 6.45) is 1.70. The molecule has 0 saturated heterocycles. The highest BCUT2D eigenvalue weighted by molar-refractivity contribution is 8.31. The largest absolute Gasteiger partial charge is 0.185 e. The Morgan fingerprint density at radius 1 is 2.00 bits per heavy atom. The molecule has 0 aliphatic heterocycles. The fourth-order valence-corrected chi connectivity index (χ4v) is 0. The van der Waals surface area contributed by atoms with E-state index in [9.17, 15) is 0 Å². The first kappa shape index (κ1) is 5.06. The van der Waals surface area contributed by atoms with E-state index in [1.54, 1.807) is 6.26 Å². The Kier molecular flexibility index (Phi) is 2.33. The lowest BCUT2D eigenvalue weighted by atomic mass is 11.8. The molecule has 0 spiro atoms. The van der Waals surface area contributed by atoms with E-state index in [4.69, 9.17) is 5.26 Å². The van der Waals surface area contributed by atoms with Crippen LogP contribution in [0.2, 0.25) is 0 Å². The van der Waals surface area contributed by atoms with Crippen LogP contribution in [0.15, 0.2) is 0 Å². The quantitative estimate of drug-likeness (QED) is 0.410. The molecule has 5 heavy (non-hydrogen) atoms. The summed E-state index contributed by atoms with van der Waals surface area (Å²) in [6.45, 7) is 0. The van der Waals surface area contributed by atoms with E-state index < -0.39 is 9.45 Å². The van der Waals surface area contributed by atoms with Gasteiger partial charge in [0.05, 0.1) is 0 Å². The van der Waals surface area contributed by atoms with Gasteiger partial charge < -0.3 is 0 Å². The maximum atomic E-state index is 7.80. The third-order valence-corrected chi connectivity index (χ3v) is 0.609. The van der Waals surface area contributed by atoms with Gasteiger partial charge in [0.1, 0.15) is 5.40 Å². The molecule has 3 heteroatoms. The van der Waals surface area contributed by atoms with Crippen LogP contribution in [0.25, 0.3) is 0 Å². The van der Waals surface area contributed by atoms with Crippen molar-refractivity contribution in [3.05, 3.63) is 0 Å². The Labute approximate surface area is 38.2 Å². The van der Waals surface area contributed by atoms with Crippen molar-refractivity contribution in [3.8, 4) is 5.40 Å². The van der Waals surface area contributed by atoms with Crippen molar-refractivity contribution in [1.82, 2.24) is 0 Å². The van der Waals surface area contributed by atoms with Crippen LogP contribution in [0.1, 0.15) is 0 Å². The Balaban J connectivity index is 3.35. The highest BCUT2D eigenvalue weighted by Gasteiger charge is 1.64. The van der Waals surface area contributed by atoms with Crippen molar-refractivity contribution >= 4 is 20.6 Å². The molecular weight excluding hydrogens is 102 g/mol. The van der Waals surface area contributed by atoms with E-state index in [2.05, 4.69) is 11.2 Å². The molecule has 0 rings (SSSR count). The van der Waals surface area contributed by atoms with Gasteiger partial charge in [-0.3, -0.25) is 0 Å². The highest BCUT2D eigenvalue weighted by Crippen LogP contribution is 1.59. The fourth-order valence-electron chi connectivity index (χ4n) is 0. The van der Waals surface area contributed by atoms with Crippen molar-refractivity contribution in [2.45, 2.75) is 0 Å². The van der Waals surface area contributed by atoms with Crippen molar-refractivity contribution in [2.75, 3.05) is 6.26 Å². The molecule has 0 aromatic rings. The molecule has 1 atom stereocenters. The van der Waals surface area contributed by atoms with E-state index in [0.29, 0.717) is 0 Å². The maximum absolute atomic E-state index is 7.80. The minimum atomic E-state index is -0.434. The SMILES string of the molecule is CS(=S)C#N. The number of hydrogen-bond donors (Lipinski definition) is 0. The molecule has 0 amide bonds. The summed E-state index contributed by atoms with van der Waals surface area (Å²) < 4.78 is 0. The number of hydrogen-bond acceptors (Lipinski definition) is 2. The average molecular weight is 105 g/mol. The Morgan fingerprint density at radius 2 is 2.20 bits per heavy atom. The normalized spacial score (nSPS) is 12.8. The predicted molar refractivity (Wildman–Crippen MR) is 26.3 cm³/mol. The van der Waals surface area contributed by atoms with Gasteiger partial charge in [-0.2, -0.15) is 5.26 Å². The van der Waals surface area contributed by atoms with Gasteiger partial charge in [-0.15, -0.1) is 0 Å². The van der Waals surface area contributed by atoms with Gasteiger partial charge >= 0.3 is 0 Å². The molecule has 0 heterocycles. The molecule has 0 N–H and O–H groups in total. The summed E-state index contributed by atoms with van der Waals surface area (Å²) in [5.74, 6) is 0. The fraction of sp³-hybridized carbons (Fsp3) is 0.500. The van der Waals surface area contributed by atoms with Crippen molar-refractivity contribution in [2.24, 2.45) is 0 Å². The third kappa shape index (κ3) is 4.06. The van der Waals surface area contributed by atoms with E-state index in [1.807, 2.05) is 5.40 Å². The van der Waals surface area contributed by atoms with Gasteiger partial charge in [-0.05, 0) is 26.9 Å². The molecular formula is C2H3NS2. The topological polar surface area (TPSA) is 23.8 Å². The van der Waals surface area contributed by atoms with E-state index >= 15 is 0 Å². The van der Waals surface area contributed by atoms with Gasteiger partial charge in [0.15, 0.2) is 0 Å². The zero-order chi connectivity index (χ0) is 4.28. The van der Waals surface area contributed by atoms with Gasteiger partial charge in [0, 0.05) is 0 Å². The Hall–Kier alpha value is 0.0600. The lowest BCUT2D eigenvalue weighted by Crippen LogP contribution is -1.67. The van der Waals surface area contributed by atoms with Crippen LogP contribution in [0, 0.1) is 10.7 Å². The molecule has 0 aromatic heterocycles. The first-order chi connectivity index (χ1) is 2.27. The van der Waals surface area contributed by atoms with Crippen LogP contribution in [-0.2, 0) is 20.6 Å². The summed E-state index contributed by atoms with van der Waals surface area (Å²) in [4.78, 5) is 0. The molecule has 0 aliphatic rings. The summed E-state index contributed by atoms with van der Waals surface area (Å²) in [5.41, 5.74) is 0. The van der Waals surface area contributed by atoms with Gasteiger partial charge in [-0.25, -0.2) is 0 Å². The third-order valence-electron chi connectivity index (χ3n) is 0.129. The monoisotopic (exact) mass is 105 g/mol. The molecule has 0 radical (unpaired) electrons. The van der Waals surface area contributed by atoms with E-state index in [-0.39, 0.29) is 0 Å². The molecule has 0 aromatic carbocycles. The first-order valence-corrected chi connectivity index (χ1v) is 3.56. The van der Waals surface area contributed by atoms with Crippen LogP contribution in [0.3, 0.4) is 0 Å².